The molecule has 0 saturated heterocycles. The predicted molar refractivity (Wildman–Crippen MR) is 75.9 cm³/mol. The molecule has 3 atom stereocenters. The number of nitrogens with zero attached hydrogens (tertiary/aromatic N) is 4. The van der Waals surface area contributed by atoms with E-state index in [-0.39, 0.29) is 29.0 Å². The number of amides is 1. The summed E-state index contributed by atoms with van der Waals surface area (Å²) in [6.07, 6.45) is 3.79. The van der Waals surface area contributed by atoms with Gasteiger partial charge in [-0.1, -0.05) is 11.6 Å². The Bertz CT molecular complexity index is 760. The maximum absolute atomic E-state index is 11.1. The molecule has 4 rings (SSSR count). The SMILES string of the molecule is CC(=O)Nc1nc(Cl)c2ncn([C@H]3C[C@]34C[C@H]4CO)c2n1. The van der Waals surface area contributed by atoms with Crippen molar-refractivity contribution in [1.82, 2.24) is 19.5 Å². The molecule has 2 aromatic heterocycles. The molecule has 2 fully saturated rings. The molecular formula is C13H14ClN5O2. The van der Waals surface area contributed by atoms with Crippen LogP contribution in [0.25, 0.3) is 11.2 Å². The molecule has 0 bridgehead atoms. The standard InChI is InChI=1S/C13H14ClN5O2/c1-6(21)16-12-17-10(14)9-11(18-12)19(5-15-9)8-3-13(8)2-7(13)4-20/h5,7-8,20H,2-4H2,1H3,(H,16,17,18,21)/t7-,8-,13-/m0/s1. The maximum atomic E-state index is 11.1. The maximum Gasteiger partial charge on any atom is 0.232 e. The van der Waals surface area contributed by atoms with Crippen molar-refractivity contribution < 1.29 is 9.90 Å². The lowest BCUT2D eigenvalue weighted by Gasteiger charge is -2.05. The zero-order valence-corrected chi connectivity index (χ0v) is 12.1. The van der Waals surface area contributed by atoms with Gasteiger partial charge in [0.2, 0.25) is 11.9 Å². The lowest BCUT2D eigenvalue weighted by atomic mass is 10.3. The van der Waals surface area contributed by atoms with Gasteiger partial charge in [-0.15, -0.1) is 0 Å². The molecule has 0 unspecified atom stereocenters. The topological polar surface area (TPSA) is 92.9 Å². The molecule has 0 radical (unpaired) electrons. The van der Waals surface area contributed by atoms with Crippen LogP contribution in [0.4, 0.5) is 5.95 Å². The first-order chi connectivity index (χ1) is 10.0. The summed E-state index contributed by atoms with van der Waals surface area (Å²) in [5.41, 5.74) is 1.38. The first-order valence-corrected chi connectivity index (χ1v) is 7.21. The fraction of sp³-hybridized carbons (Fsp3) is 0.538. The van der Waals surface area contributed by atoms with Gasteiger partial charge in [-0.2, -0.15) is 9.97 Å². The van der Waals surface area contributed by atoms with Crippen LogP contribution < -0.4 is 5.32 Å². The average Bonchev–Trinajstić information content (AvgIpc) is 3.27. The highest BCUT2D eigenvalue weighted by Gasteiger charge is 2.71. The molecule has 2 aliphatic rings. The summed E-state index contributed by atoms with van der Waals surface area (Å²) in [5.74, 6) is 0.319. The van der Waals surface area contributed by atoms with Crippen LogP contribution in [-0.4, -0.2) is 37.1 Å². The van der Waals surface area contributed by atoms with Gasteiger partial charge >= 0.3 is 0 Å². The van der Waals surface area contributed by atoms with E-state index in [1.165, 1.54) is 6.92 Å². The molecular weight excluding hydrogens is 294 g/mol. The molecule has 2 N–H and O–H groups in total. The van der Waals surface area contributed by atoms with Gasteiger partial charge in [-0.25, -0.2) is 4.98 Å². The number of imidazole rings is 1. The van der Waals surface area contributed by atoms with E-state index in [0.29, 0.717) is 23.1 Å². The van der Waals surface area contributed by atoms with Crippen molar-refractivity contribution in [2.24, 2.45) is 11.3 Å². The zero-order valence-electron chi connectivity index (χ0n) is 11.4. The zero-order chi connectivity index (χ0) is 14.8. The van der Waals surface area contributed by atoms with Gasteiger partial charge in [0.25, 0.3) is 0 Å². The summed E-state index contributed by atoms with van der Waals surface area (Å²) in [6, 6.07) is 0.302. The van der Waals surface area contributed by atoms with Crippen LogP contribution in [0, 0.1) is 11.3 Å². The van der Waals surface area contributed by atoms with Crippen LogP contribution in [0.2, 0.25) is 5.15 Å². The molecule has 1 amide bonds. The summed E-state index contributed by atoms with van der Waals surface area (Å²) >= 11 is 6.11. The van der Waals surface area contributed by atoms with Crippen molar-refractivity contribution in [3.8, 4) is 0 Å². The average molecular weight is 308 g/mol. The fourth-order valence-corrected chi connectivity index (χ4v) is 3.52. The number of anilines is 1. The van der Waals surface area contributed by atoms with E-state index in [1.807, 2.05) is 4.57 Å². The molecule has 2 saturated carbocycles. The fourth-order valence-electron chi connectivity index (χ4n) is 3.30. The second-order valence-corrected chi connectivity index (χ2v) is 6.24. The number of fused-ring (bicyclic) bond motifs is 1. The lowest BCUT2D eigenvalue weighted by Crippen LogP contribution is -2.10. The molecule has 0 aromatic carbocycles. The van der Waals surface area contributed by atoms with Crippen LogP contribution in [0.5, 0.6) is 0 Å². The van der Waals surface area contributed by atoms with Crippen molar-refractivity contribution in [3.05, 3.63) is 11.5 Å². The van der Waals surface area contributed by atoms with E-state index < -0.39 is 0 Å². The van der Waals surface area contributed by atoms with Crippen LogP contribution in [0.3, 0.4) is 0 Å². The normalized spacial score (nSPS) is 29.9. The minimum absolute atomic E-state index is 0.186. The van der Waals surface area contributed by atoms with Crippen molar-refractivity contribution in [2.45, 2.75) is 25.8 Å². The number of aliphatic hydroxyl groups excluding tert-OH is 1. The van der Waals surface area contributed by atoms with Crippen molar-refractivity contribution in [2.75, 3.05) is 11.9 Å². The van der Waals surface area contributed by atoms with Crippen LogP contribution in [0.1, 0.15) is 25.8 Å². The van der Waals surface area contributed by atoms with Gasteiger partial charge in [-0.05, 0) is 24.2 Å². The Hall–Kier alpha value is -1.73. The van der Waals surface area contributed by atoms with Gasteiger partial charge in [0.1, 0.15) is 5.52 Å². The van der Waals surface area contributed by atoms with Crippen LogP contribution in [-0.2, 0) is 4.79 Å². The largest absolute Gasteiger partial charge is 0.396 e. The first kappa shape index (κ1) is 13.0. The van der Waals surface area contributed by atoms with Gasteiger partial charge in [0, 0.05) is 19.6 Å². The summed E-state index contributed by atoms with van der Waals surface area (Å²) in [6.45, 7) is 1.63. The second-order valence-electron chi connectivity index (χ2n) is 5.88. The molecule has 7 nitrogen and oxygen atoms in total. The van der Waals surface area contributed by atoms with Gasteiger partial charge in [0.05, 0.1) is 6.33 Å². The predicted octanol–water partition coefficient (Wildman–Crippen LogP) is 1.38. The molecule has 1 spiro atoms. The lowest BCUT2D eigenvalue weighted by molar-refractivity contribution is -0.114. The number of hydrogen-bond donors (Lipinski definition) is 2. The smallest absolute Gasteiger partial charge is 0.232 e. The first-order valence-electron chi connectivity index (χ1n) is 6.83. The van der Waals surface area contributed by atoms with Crippen molar-refractivity contribution in [1.29, 1.82) is 0 Å². The molecule has 21 heavy (non-hydrogen) atoms. The quantitative estimate of drug-likeness (QED) is 0.836. The third-order valence-corrected chi connectivity index (χ3v) is 4.84. The number of hydrogen-bond acceptors (Lipinski definition) is 5. The molecule has 2 aromatic rings. The number of rotatable bonds is 3. The second kappa shape index (κ2) is 4.14. The summed E-state index contributed by atoms with van der Waals surface area (Å²) < 4.78 is 1.99. The third kappa shape index (κ3) is 1.84. The highest BCUT2D eigenvalue weighted by molar-refractivity contribution is 6.33. The van der Waals surface area contributed by atoms with E-state index in [2.05, 4.69) is 20.3 Å². The molecule has 0 aliphatic heterocycles. The minimum atomic E-state index is -0.248. The Morgan fingerprint density at radius 3 is 3.05 bits per heavy atom. The van der Waals surface area contributed by atoms with Gasteiger partial charge in [0.15, 0.2) is 10.8 Å². The molecule has 110 valence electrons. The molecule has 8 heteroatoms. The van der Waals surface area contributed by atoms with E-state index in [1.54, 1.807) is 6.33 Å². The van der Waals surface area contributed by atoms with Crippen molar-refractivity contribution in [3.63, 3.8) is 0 Å². The number of aromatic nitrogens is 4. The van der Waals surface area contributed by atoms with Gasteiger partial charge in [-0.3, -0.25) is 10.1 Å². The summed E-state index contributed by atoms with van der Waals surface area (Å²) in [5, 5.41) is 12.1. The highest BCUT2D eigenvalue weighted by Crippen LogP contribution is 2.76. The third-order valence-electron chi connectivity index (χ3n) is 4.58. The minimum Gasteiger partial charge on any atom is -0.396 e. The monoisotopic (exact) mass is 307 g/mol. The Balaban J connectivity index is 1.74. The van der Waals surface area contributed by atoms with Gasteiger partial charge < -0.3 is 9.67 Å². The Morgan fingerprint density at radius 1 is 1.57 bits per heavy atom. The van der Waals surface area contributed by atoms with Crippen molar-refractivity contribution >= 4 is 34.6 Å². The summed E-state index contributed by atoms with van der Waals surface area (Å²) in [4.78, 5) is 23.8. The number of aliphatic hydroxyl groups is 1. The van der Waals surface area contributed by atoms with Crippen LogP contribution >= 0.6 is 11.6 Å². The molecule has 2 heterocycles. The summed E-state index contributed by atoms with van der Waals surface area (Å²) in [7, 11) is 0. The highest BCUT2D eigenvalue weighted by atomic mass is 35.5. The Kier molecular flexibility index (Phi) is 2.56. The number of nitrogens with one attached hydrogen (secondary N) is 1. The number of carbonyl (C=O) groups excluding carboxylic acids is 1. The number of carbonyl (C=O) groups is 1. The van der Waals surface area contributed by atoms with E-state index in [0.717, 1.165) is 12.8 Å². The van der Waals surface area contributed by atoms with Crippen LogP contribution in [0.15, 0.2) is 6.33 Å². The molecule has 2 aliphatic carbocycles. The Morgan fingerprint density at radius 2 is 2.38 bits per heavy atom. The van der Waals surface area contributed by atoms with E-state index >= 15 is 0 Å². The number of halogens is 1. The van der Waals surface area contributed by atoms with E-state index in [4.69, 9.17) is 11.6 Å². The Labute approximate surface area is 125 Å². The van der Waals surface area contributed by atoms with E-state index in [9.17, 15) is 9.90 Å².